The Labute approximate surface area is 129 Å². The average molecular weight is 353 g/mol. The topological polar surface area (TPSA) is 90.1 Å². The summed E-state index contributed by atoms with van der Waals surface area (Å²) in [7, 11) is 0. The lowest BCUT2D eigenvalue weighted by atomic mass is 10.3. The summed E-state index contributed by atoms with van der Waals surface area (Å²) in [6.07, 6.45) is 3.65. The Morgan fingerprint density at radius 3 is 2.86 bits per heavy atom. The van der Waals surface area contributed by atoms with Crippen LogP contribution < -0.4 is 5.32 Å². The highest BCUT2D eigenvalue weighted by molar-refractivity contribution is 9.10. The molecule has 1 amide bonds. The summed E-state index contributed by atoms with van der Waals surface area (Å²) in [6, 6.07) is 4.66. The van der Waals surface area contributed by atoms with E-state index in [1.807, 2.05) is 6.92 Å². The van der Waals surface area contributed by atoms with Gasteiger partial charge < -0.3 is 9.88 Å². The number of hydrogen-bond donors (Lipinski definition) is 1. The third-order valence-electron chi connectivity index (χ3n) is 2.78. The second-order valence-corrected chi connectivity index (χ2v) is 5.17. The van der Waals surface area contributed by atoms with Crippen molar-refractivity contribution in [3.05, 3.63) is 51.0 Å². The molecule has 0 saturated carbocycles. The van der Waals surface area contributed by atoms with Gasteiger partial charge in [0.2, 0.25) is 0 Å². The monoisotopic (exact) mass is 352 g/mol. The van der Waals surface area contributed by atoms with Gasteiger partial charge in [-0.25, -0.2) is 4.98 Å². The molecule has 2 rings (SSSR count). The highest BCUT2D eigenvalue weighted by Crippen LogP contribution is 2.19. The maximum atomic E-state index is 12.2. The number of hydrogen-bond acceptors (Lipinski definition) is 4. The van der Waals surface area contributed by atoms with Gasteiger partial charge in [0, 0.05) is 12.6 Å². The van der Waals surface area contributed by atoms with Crippen molar-refractivity contribution in [3.63, 3.8) is 0 Å². The molecule has 2 aromatic heterocycles. The van der Waals surface area contributed by atoms with Crippen molar-refractivity contribution in [2.75, 3.05) is 5.32 Å². The second kappa shape index (κ2) is 6.49. The number of nitrogens with zero attached hydrogens (tertiary/aromatic N) is 3. The van der Waals surface area contributed by atoms with Gasteiger partial charge in [-0.2, -0.15) is 0 Å². The minimum absolute atomic E-state index is 0.0949. The molecule has 0 unspecified atom stereocenters. The zero-order valence-electron chi connectivity index (χ0n) is 11.2. The molecule has 0 aliphatic carbocycles. The van der Waals surface area contributed by atoms with Crippen molar-refractivity contribution in [3.8, 4) is 0 Å². The zero-order chi connectivity index (χ0) is 15.4. The van der Waals surface area contributed by atoms with E-state index in [9.17, 15) is 14.9 Å². The Hall–Kier alpha value is -2.22. The molecule has 2 aromatic rings. The first-order chi connectivity index (χ1) is 10.0. The number of carbonyl (C=O) groups is 1. The Morgan fingerprint density at radius 2 is 2.29 bits per heavy atom. The Kier molecular flexibility index (Phi) is 4.69. The lowest BCUT2D eigenvalue weighted by molar-refractivity contribution is -0.384. The Balaban J connectivity index is 2.25. The average Bonchev–Trinajstić information content (AvgIpc) is 2.86. The van der Waals surface area contributed by atoms with E-state index in [0.29, 0.717) is 16.8 Å². The summed E-state index contributed by atoms with van der Waals surface area (Å²) < 4.78 is 2.24. The lowest BCUT2D eigenvalue weighted by Crippen LogP contribution is -2.16. The van der Waals surface area contributed by atoms with E-state index < -0.39 is 10.8 Å². The van der Waals surface area contributed by atoms with Crippen LogP contribution in [0.3, 0.4) is 0 Å². The molecule has 0 atom stereocenters. The van der Waals surface area contributed by atoms with Crippen molar-refractivity contribution in [1.82, 2.24) is 9.55 Å². The van der Waals surface area contributed by atoms with Gasteiger partial charge in [0.15, 0.2) is 0 Å². The zero-order valence-corrected chi connectivity index (χ0v) is 12.8. The summed E-state index contributed by atoms with van der Waals surface area (Å²) in [5, 5.41) is 13.5. The number of carbonyl (C=O) groups excluding carboxylic acids is 1. The number of anilines is 1. The maximum Gasteiger partial charge on any atom is 0.287 e. The molecule has 1 N–H and O–H groups in total. The normalized spacial score (nSPS) is 10.4. The minimum Gasteiger partial charge on any atom is -0.337 e. The van der Waals surface area contributed by atoms with Crippen molar-refractivity contribution in [2.45, 2.75) is 19.9 Å². The van der Waals surface area contributed by atoms with Crippen molar-refractivity contribution in [1.29, 1.82) is 0 Å². The first-order valence-corrected chi connectivity index (χ1v) is 7.08. The number of amides is 1. The van der Waals surface area contributed by atoms with E-state index in [1.165, 1.54) is 18.5 Å². The Bertz CT molecular complexity index is 667. The molecule has 0 aromatic carbocycles. The maximum absolute atomic E-state index is 12.2. The van der Waals surface area contributed by atoms with Crippen molar-refractivity contribution in [2.24, 2.45) is 0 Å². The summed E-state index contributed by atoms with van der Waals surface area (Å²) in [5.41, 5.74) is 0.684. The van der Waals surface area contributed by atoms with Crippen molar-refractivity contribution >= 4 is 33.2 Å². The number of rotatable bonds is 5. The summed E-state index contributed by atoms with van der Waals surface area (Å²) >= 11 is 3.21. The van der Waals surface area contributed by atoms with E-state index in [0.717, 1.165) is 6.42 Å². The van der Waals surface area contributed by atoms with Crippen LogP contribution >= 0.6 is 15.9 Å². The SMILES string of the molecule is CCCn1cc([N+](=O)[O-])cc1C(=O)Nc1ccc(Br)nc1. The predicted molar refractivity (Wildman–Crippen MR) is 81.3 cm³/mol. The molecule has 0 spiro atoms. The van der Waals surface area contributed by atoms with Gasteiger partial charge in [0.05, 0.1) is 23.0 Å². The highest BCUT2D eigenvalue weighted by Gasteiger charge is 2.19. The van der Waals surface area contributed by atoms with Gasteiger partial charge in [-0.3, -0.25) is 14.9 Å². The van der Waals surface area contributed by atoms with E-state index in [-0.39, 0.29) is 11.4 Å². The number of halogens is 1. The number of nitrogens with one attached hydrogen (secondary N) is 1. The summed E-state index contributed by atoms with van der Waals surface area (Å²) in [4.78, 5) is 26.6. The minimum atomic E-state index is -0.510. The quantitative estimate of drug-likeness (QED) is 0.508. The number of nitro groups is 1. The summed E-state index contributed by atoms with van der Waals surface area (Å²) in [6.45, 7) is 2.47. The van der Waals surface area contributed by atoms with Crippen LogP contribution in [-0.2, 0) is 6.54 Å². The lowest BCUT2D eigenvalue weighted by Gasteiger charge is -2.07. The largest absolute Gasteiger partial charge is 0.337 e. The first kappa shape index (κ1) is 15.2. The summed E-state index contributed by atoms with van der Waals surface area (Å²) in [5.74, 6) is -0.402. The van der Waals surface area contributed by atoms with Crippen LogP contribution in [0.4, 0.5) is 11.4 Å². The second-order valence-electron chi connectivity index (χ2n) is 4.36. The van der Waals surface area contributed by atoms with Gasteiger partial charge in [-0.15, -0.1) is 0 Å². The molecule has 7 nitrogen and oxygen atoms in total. The van der Waals surface area contributed by atoms with Gasteiger partial charge in [0.25, 0.3) is 11.6 Å². The number of aromatic nitrogens is 2. The van der Waals surface area contributed by atoms with Crippen molar-refractivity contribution < 1.29 is 9.72 Å². The molecule has 0 fully saturated rings. The molecule has 2 heterocycles. The van der Waals surface area contributed by atoms with Gasteiger partial charge in [0.1, 0.15) is 10.3 Å². The molecule has 21 heavy (non-hydrogen) atoms. The molecule has 8 heteroatoms. The van der Waals surface area contributed by atoms with E-state index >= 15 is 0 Å². The van der Waals surface area contributed by atoms with Gasteiger partial charge in [-0.1, -0.05) is 6.92 Å². The molecule has 0 radical (unpaired) electrons. The predicted octanol–water partition coefficient (Wildman–Crippen LogP) is 3.22. The van der Waals surface area contributed by atoms with Gasteiger partial charge >= 0.3 is 0 Å². The van der Waals surface area contributed by atoms with E-state index in [1.54, 1.807) is 16.7 Å². The van der Waals surface area contributed by atoms with Crippen LogP contribution in [0, 0.1) is 10.1 Å². The number of aryl methyl sites for hydroxylation is 1. The molecular formula is C13H13BrN4O3. The Morgan fingerprint density at radius 1 is 1.52 bits per heavy atom. The molecule has 0 bridgehead atoms. The third-order valence-corrected chi connectivity index (χ3v) is 3.24. The number of pyridine rings is 1. The fraction of sp³-hybridized carbons (Fsp3) is 0.231. The molecular weight excluding hydrogens is 340 g/mol. The van der Waals surface area contributed by atoms with Crippen LogP contribution in [0.2, 0.25) is 0 Å². The van der Waals surface area contributed by atoms with Crippen LogP contribution in [-0.4, -0.2) is 20.4 Å². The van der Waals surface area contributed by atoms with Crippen LogP contribution in [0.25, 0.3) is 0 Å². The van der Waals surface area contributed by atoms with Crippen LogP contribution in [0.15, 0.2) is 35.2 Å². The third kappa shape index (κ3) is 3.66. The van der Waals surface area contributed by atoms with Gasteiger partial charge in [-0.05, 0) is 34.5 Å². The highest BCUT2D eigenvalue weighted by atomic mass is 79.9. The first-order valence-electron chi connectivity index (χ1n) is 6.28. The van der Waals surface area contributed by atoms with Crippen LogP contribution in [0.1, 0.15) is 23.8 Å². The van der Waals surface area contributed by atoms with E-state index in [2.05, 4.69) is 26.2 Å². The van der Waals surface area contributed by atoms with E-state index in [4.69, 9.17) is 0 Å². The standard InChI is InChI=1S/C13H13BrN4O3/c1-2-5-17-8-10(18(20)21)6-11(17)13(19)16-9-3-4-12(14)15-7-9/h3-4,6-8H,2,5H2,1H3,(H,16,19). The molecule has 0 aliphatic heterocycles. The molecule has 110 valence electrons. The smallest absolute Gasteiger partial charge is 0.287 e. The fourth-order valence-electron chi connectivity index (χ4n) is 1.86. The van der Waals surface area contributed by atoms with Crippen LogP contribution in [0.5, 0.6) is 0 Å². The molecule has 0 aliphatic rings. The molecule has 0 saturated heterocycles. The fourth-order valence-corrected chi connectivity index (χ4v) is 2.09.